The molecule has 0 bridgehead atoms. The van der Waals surface area contributed by atoms with Crippen molar-refractivity contribution in [2.24, 2.45) is 0 Å². The molecule has 130 valence electrons. The molecule has 0 aliphatic carbocycles. The quantitative estimate of drug-likeness (QED) is 0.655. The summed E-state index contributed by atoms with van der Waals surface area (Å²) in [7, 11) is 0. The van der Waals surface area contributed by atoms with Gasteiger partial charge in [0.1, 0.15) is 11.5 Å². The summed E-state index contributed by atoms with van der Waals surface area (Å²) in [6.07, 6.45) is 2.27. The molecule has 0 aromatic carbocycles. The number of hydrogen-bond acceptors (Lipinski definition) is 5. The van der Waals surface area contributed by atoms with Gasteiger partial charge in [0, 0.05) is 30.1 Å². The van der Waals surface area contributed by atoms with Gasteiger partial charge in [-0.15, -0.1) is 11.6 Å². The van der Waals surface area contributed by atoms with Crippen LogP contribution in [0.2, 0.25) is 0 Å². The molecule has 0 atom stereocenters. The molecule has 3 aromatic rings. The first-order chi connectivity index (χ1) is 12.1. The molecule has 3 aromatic heterocycles. The van der Waals surface area contributed by atoms with Crippen molar-refractivity contribution in [1.29, 1.82) is 0 Å². The van der Waals surface area contributed by atoms with Crippen LogP contribution in [0.5, 0.6) is 0 Å². The number of nitrogens with one attached hydrogen (secondary N) is 2. The largest absolute Gasteiger partial charge is 0.463 e. The van der Waals surface area contributed by atoms with Crippen molar-refractivity contribution in [1.82, 2.24) is 19.7 Å². The van der Waals surface area contributed by atoms with Gasteiger partial charge < -0.3 is 9.73 Å². The van der Waals surface area contributed by atoms with Crippen molar-refractivity contribution in [3.05, 3.63) is 46.6 Å². The third kappa shape index (κ3) is 3.80. The van der Waals surface area contributed by atoms with E-state index >= 15 is 0 Å². The van der Waals surface area contributed by atoms with E-state index in [0.717, 1.165) is 0 Å². The predicted molar refractivity (Wildman–Crippen MR) is 93.0 cm³/mol. The minimum Gasteiger partial charge on any atom is -0.463 e. The van der Waals surface area contributed by atoms with Gasteiger partial charge in [0.15, 0.2) is 5.76 Å². The summed E-state index contributed by atoms with van der Waals surface area (Å²) < 4.78 is 6.71. The van der Waals surface area contributed by atoms with Gasteiger partial charge in [-0.1, -0.05) is 6.92 Å². The fraction of sp³-hybridized carbons (Fsp3) is 0.250. The first kappa shape index (κ1) is 17.0. The number of anilines is 1. The van der Waals surface area contributed by atoms with Gasteiger partial charge >= 0.3 is 0 Å². The lowest BCUT2D eigenvalue weighted by atomic mass is 10.3. The Morgan fingerprint density at radius 1 is 1.44 bits per heavy atom. The molecule has 0 aliphatic rings. The molecule has 0 saturated carbocycles. The second kappa shape index (κ2) is 7.35. The maximum Gasteiger partial charge on any atom is 0.252 e. The van der Waals surface area contributed by atoms with Crippen LogP contribution in [0.25, 0.3) is 17.4 Å². The number of furan rings is 1. The molecule has 0 aliphatic heterocycles. The van der Waals surface area contributed by atoms with Crippen LogP contribution in [-0.2, 0) is 11.2 Å². The highest BCUT2D eigenvalue weighted by molar-refractivity contribution is 6.19. The molecule has 2 N–H and O–H groups in total. The smallest absolute Gasteiger partial charge is 0.252 e. The van der Waals surface area contributed by atoms with Gasteiger partial charge in [0.25, 0.3) is 5.56 Å². The summed E-state index contributed by atoms with van der Waals surface area (Å²) >= 11 is 5.61. The molecule has 0 spiro atoms. The van der Waals surface area contributed by atoms with Crippen LogP contribution in [-0.4, -0.2) is 31.5 Å². The first-order valence-corrected chi connectivity index (χ1v) is 8.24. The zero-order chi connectivity index (χ0) is 17.8. The van der Waals surface area contributed by atoms with E-state index in [-0.39, 0.29) is 29.7 Å². The number of hydrogen-bond donors (Lipinski definition) is 2. The normalized spacial score (nSPS) is 10.8. The summed E-state index contributed by atoms with van der Waals surface area (Å²) in [6.45, 7) is 1.89. The third-order valence-corrected chi connectivity index (χ3v) is 3.61. The molecule has 0 saturated heterocycles. The van der Waals surface area contributed by atoms with Crippen LogP contribution >= 0.6 is 11.6 Å². The number of carbonyl (C=O) groups is 1. The monoisotopic (exact) mass is 361 g/mol. The van der Waals surface area contributed by atoms with Gasteiger partial charge in [-0.2, -0.15) is 9.78 Å². The number of aryl methyl sites for hydroxylation is 1. The lowest BCUT2D eigenvalue weighted by molar-refractivity contribution is -0.115. The number of nitrogens with zero attached hydrogens (tertiary/aromatic N) is 3. The van der Waals surface area contributed by atoms with Crippen molar-refractivity contribution in [3.63, 3.8) is 0 Å². The average Bonchev–Trinajstić information content (AvgIpc) is 3.23. The number of H-pyrrole nitrogens is 1. The van der Waals surface area contributed by atoms with Gasteiger partial charge in [-0.05, 0) is 18.6 Å². The summed E-state index contributed by atoms with van der Waals surface area (Å²) in [5.74, 6) is 1.03. The SMILES string of the molecule is CCc1cc(=O)[nH]c(-n2nc(-c3ccco3)cc2NC(=O)CCCl)n1. The average molecular weight is 362 g/mol. The number of halogens is 1. The molecule has 0 radical (unpaired) electrons. The third-order valence-electron chi connectivity index (χ3n) is 3.42. The Kier molecular flexibility index (Phi) is 4.99. The zero-order valence-corrected chi connectivity index (χ0v) is 14.2. The van der Waals surface area contributed by atoms with Crippen molar-refractivity contribution >= 4 is 23.3 Å². The minimum absolute atomic E-state index is 0.155. The molecule has 3 rings (SSSR count). The van der Waals surface area contributed by atoms with Crippen molar-refractivity contribution in [3.8, 4) is 17.4 Å². The Morgan fingerprint density at radius 2 is 2.28 bits per heavy atom. The highest BCUT2D eigenvalue weighted by atomic mass is 35.5. The Morgan fingerprint density at radius 3 is 2.96 bits per heavy atom. The van der Waals surface area contributed by atoms with Crippen molar-refractivity contribution < 1.29 is 9.21 Å². The molecule has 1 amide bonds. The van der Waals surface area contributed by atoms with Gasteiger partial charge in [0.05, 0.1) is 6.26 Å². The number of amides is 1. The van der Waals surface area contributed by atoms with Crippen molar-refractivity contribution in [2.75, 3.05) is 11.2 Å². The van der Waals surface area contributed by atoms with Crippen LogP contribution in [0, 0.1) is 0 Å². The standard InChI is InChI=1S/C16H16ClN5O3/c1-2-10-8-15(24)20-16(18-10)22-13(19-14(23)5-6-17)9-11(21-22)12-4-3-7-25-12/h3-4,7-9H,2,5-6H2,1H3,(H,19,23)(H,18,20,24). The number of aromatic amines is 1. The first-order valence-electron chi connectivity index (χ1n) is 7.71. The number of carbonyl (C=O) groups excluding carboxylic acids is 1. The van der Waals surface area contributed by atoms with Gasteiger partial charge in [0.2, 0.25) is 11.9 Å². The Bertz CT molecular complexity index is 930. The molecular weight excluding hydrogens is 346 g/mol. The maximum absolute atomic E-state index is 11.9. The highest BCUT2D eigenvalue weighted by Crippen LogP contribution is 2.24. The number of alkyl halides is 1. The molecule has 9 heteroatoms. The van der Waals surface area contributed by atoms with Crippen LogP contribution in [0.15, 0.2) is 39.7 Å². The molecule has 8 nitrogen and oxygen atoms in total. The number of rotatable bonds is 6. The van der Waals surface area contributed by atoms with E-state index in [1.54, 1.807) is 18.2 Å². The van der Waals surface area contributed by atoms with E-state index in [1.165, 1.54) is 17.0 Å². The van der Waals surface area contributed by atoms with E-state index in [4.69, 9.17) is 16.0 Å². The van der Waals surface area contributed by atoms with Crippen LogP contribution in [0.1, 0.15) is 19.0 Å². The van der Waals surface area contributed by atoms with E-state index in [2.05, 4.69) is 20.4 Å². The Labute approximate surface area is 147 Å². The van der Waals surface area contributed by atoms with E-state index in [9.17, 15) is 9.59 Å². The second-order valence-electron chi connectivity index (χ2n) is 5.20. The predicted octanol–water partition coefficient (Wildman–Crippen LogP) is 2.35. The van der Waals surface area contributed by atoms with Crippen LogP contribution in [0.4, 0.5) is 5.82 Å². The summed E-state index contributed by atoms with van der Waals surface area (Å²) in [5, 5.41) is 7.12. The lowest BCUT2D eigenvalue weighted by Gasteiger charge is -2.08. The van der Waals surface area contributed by atoms with E-state index in [1.807, 2.05) is 6.92 Å². The van der Waals surface area contributed by atoms with Gasteiger partial charge in [-0.25, -0.2) is 4.98 Å². The molecule has 25 heavy (non-hydrogen) atoms. The lowest BCUT2D eigenvalue weighted by Crippen LogP contribution is -2.19. The molecule has 0 fully saturated rings. The van der Waals surface area contributed by atoms with Gasteiger partial charge in [-0.3, -0.25) is 14.6 Å². The molecule has 0 unspecified atom stereocenters. The summed E-state index contributed by atoms with van der Waals surface area (Å²) in [6, 6.07) is 6.55. The molecule has 3 heterocycles. The second-order valence-corrected chi connectivity index (χ2v) is 5.58. The van der Waals surface area contributed by atoms with E-state index in [0.29, 0.717) is 29.4 Å². The zero-order valence-electron chi connectivity index (χ0n) is 13.5. The molecular formula is C16H16ClN5O3. The van der Waals surface area contributed by atoms with Crippen LogP contribution < -0.4 is 10.9 Å². The summed E-state index contributed by atoms with van der Waals surface area (Å²) in [5.41, 5.74) is 0.817. The Hall–Kier alpha value is -2.87. The fourth-order valence-corrected chi connectivity index (χ4v) is 2.41. The fourth-order valence-electron chi connectivity index (χ4n) is 2.24. The van der Waals surface area contributed by atoms with Crippen molar-refractivity contribution in [2.45, 2.75) is 19.8 Å². The highest BCUT2D eigenvalue weighted by Gasteiger charge is 2.16. The number of aromatic nitrogens is 4. The summed E-state index contributed by atoms with van der Waals surface area (Å²) in [4.78, 5) is 30.8. The topological polar surface area (TPSA) is 106 Å². The van der Waals surface area contributed by atoms with E-state index < -0.39 is 0 Å². The maximum atomic E-state index is 11.9. The minimum atomic E-state index is -0.296. The van der Waals surface area contributed by atoms with Crippen LogP contribution in [0.3, 0.4) is 0 Å². The Balaban J connectivity index is 2.08.